The van der Waals surface area contributed by atoms with E-state index in [1.807, 2.05) is 17.7 Å². The van der Waals surface area contributed by atoms with Crippen LogP contribution in [-0.4, -0.2) is 30.5 Å². The van der Waals surface area contributed by atoms with Crippen molar-refractivity contribution in [2.24, 2.45) is 0 Å². The molecule has 8 heteroatoms. The van der Waals surface area contributed by atoms with Gasteiger partial charge in [-0.05, 0) is 38.3 Å². The summed E-state index contributed by atoms with van der Waals surface area (Å²) in [6, 6.07) is 10.4. The van der Waals surface area contributed by atoms with E-state index < -0.39 is 0 Å². The Labute approximate surface area is 185 Å². The Morgan fingerprint density at radius 2 is 1.97 bits per heavy atom. The van der Waals surface area contributed by atoms with Crippen molar-refractivity contribution in [3.8, 4) is 0 Å². The summed E-state index contributed by atoms with van der Waals surface area (Å²) in [6.07, 6.45) is 4.48. The molecule has 0 aliphatic carbocycles. The van der Waals surface area contributed by atoms with Crippen molar-refractivity contribution in [3.63, 3.8) is 0 Å². The van der Waals surface area contributed by atoms with Crippen LogP contribution in [0, 0.1) is 13.8 Å². The molecule has 0 atom stereocenters. The summed E-state index contributed by atoms with van der Waals surface area (Å²) in [5, 5.41) is 17.4. The smallest absolute Gasteiger partial charge is 0.261 e. The number of amides is 1. The van der Waals surface area contributed by atoms with Gasteiger partial charge in [-0.1, -0.05) is 36.2 Å². The second kappa shape index (κ2) is 8.26. The maximum absolute atomic E-state index is 12.9. The third kappa shape index (κ3) is 3.99. The second-order valence-electron chi connectivity index (χ2n) is 8.24. The van der Waals surface area contributed by atoms with Gasteiger partial charge in [-0.25, -0.2) is 0 Å². The largest absolute Gasteiger partial charge is 0.344 e. The van der Waals surface area contributed by atoms with Gasteiger partial charge in [0.25, 0.3) is 5.91 Å². The molecule has 1 aliphatic heterocycles. The molecule has 5 rings (SSSR count). The Kier molecular flexibility index (Phi) is 5.31. The molecule has 1 amide bonds. The lowest BCUT2D eigenvalue weighted by molar-refractivity contribution is 0.0953. The minimum absolute atomic E-state index is 0.0755. The molecule has 7 nitrogen and oxygen atoms in total. The number of aromatic nitrogens is 5. The molecule has 4 aromatic rings. The van der Waals surface area contributed by atoms with E-state index in [-0.39, 0.29) is 5.91 Å². The predicted molar refractivity (Wildman–Crippen MR) is 121 cm³/mol. The summed E-state index contributed by atoms with van der Waals surface area (Å²) in [4.78, 5) is 14.6. The zero-order valence-corrected chi connectivity index (χ0v) is 18.7. The van der Waals surface area contributed by atoms with Gasteiger partial charge in [-0.2, -0.15) is 5.10 Å². The highest BCUT2D eigenvalue weighted by Crippen LogP contribution is 2.29. The minimum Gasteiger partial charge on any atom is -0.344 e. The first-order valence-electron chi connectivity index (χ1n) is 10.8. The average Bonchev–Trinajstić information content (AvgIpc) is 3.39. The molecule has 0 radical (unpaired) electrons. The first-order valence-corrected chi connectivity index (χ1v) is 11.6. The number of hydrogen-bond donors (Lipinski definition) is 1. The minimum atomic E-state index is -0.0755. The normalized spacial score (nSPS) is 13.9. The highest BCUT2D eigenvalue weighted by atomic mass is 32.1. The van der Waals surface area contributed by atoms with Crippen molar-refractivity contribution >= 4 is 27.5 Å². The van der Waals surface area contributed by atoms with E-state index in [0.29, 0.717) is 18.0 Å². The molecule has 4 heterocycles. The summed E-state index contributed by atoms with van der Waals surface area (Å²) in [7, 11) is 0. The van der Waals surface area contributed by atoms with E-state index in [1.165, 1.54) is 28.9 Å². The monoisotopic (exact) mass is 434 g/mol. The Balaban J connectivity index is 1.33. The molecule has 1 N–H and O–H groups in total. The number of fused-ring (bicyclic) bond motifs is 2. The van der Waals surface area contributed by atoms with Crippen molar-refractivity contribution in [1.82, 2.24) is 29.9 Å². The van der Waals surface area contributed by atoms with Crippen LogP contribution in [0.4, 0.5) is 0 Å². The van der Waals surface area contributed by atoms with Gasteiger partial charge in [0.05, 0.1) is 23.7 Å². The van der Waals surface area contributed by atoms with Crippen molar-refractivity contribution in [2.75, 3.05) is 0 Å². The maximum atomic E-state index is 12.9. The number of aryl methyl sites for hydroxylation is 3. The van der Waals surface area contributed by atoms with Gasteiger partial charge >= 0.3 is 0 Å². The van der Waals surface area contributed by atoms with Crippen LogP contribution in [0.1, 0.15) is 57.4 Å². The van der Waals surface area contributed by atoms with Crippen LogP contribution < -0.4 is 5.32 Å². The molecule has 0 fully saturated rings. The van der Waals surface area contributed by atoms with Crippen LogP contribution in [0.15, 0.2) is 30.3 Å². The third-order valence-electron chi connectivity index (χ3n) is 5.88. The van der Waals surface area contributed by atoms with Crippen molar-refractivity contribution in [2.45, 2.75) is 59.2 Å². The summed E-state index contributed by atoms with van der Waals surface area (Å²) in [5.41, 5.74) is 3.38. The number of carbonyl (C=O) groups is 1. The lowest BCUT2D eigenvalue weighted by Crippen LogP contribution is -2.24. The number of benzene rings is 1. The number of hydrogen-bond acceptors (Lipinski definition) is 5. The van der Waals surface area contributed by atoms with Crippen LogP contribution >= 0.6 is 11.3 Å². The van der Waals surface area contributed by atoms with Crippen LogP contribution in [0.5, 0.6) is 0 Å². The van der Waals surface area contributed by atoms with E-state index in [9.17, 15) is 4.79 Å². The molecular formula is C23H26N6OS. The standard InChI is InChI=1S/C23H26N6OS/c1-15-7-9-17(10-8-15)14-29-23-18(16(2)27-29)12-19(31-23)22(30)24-13-21-26-25-20-6-4-3-5-11-28(20)21/h7-10,12H,3-6,11,13-14H2,1-2H3,(H,24,30). The molecule has 0 spiro atoms. The summed E-state index contributed by atoms with van der Waals surface area (Å²) >= 11 is 1.49. The first-order chi connectivity index (χ1) is 15.1. The van der Waals surface area contributed by atoms with Gasteiger partial charge in [0.1, 0.15) is 10.7 Å². The zero-order valence-electron chi connectivity index (χ0n) is 17.9. The zero-order chi connectivity index (χ0) is 21.4. The first kappa shape index (κ1) is 19.9. The van der Waals surface area contributed by atoms with E-state index in [1.54, 1.807) is 0 Å². The molecule has 31 heavy (non-hydrogen) atoms. The highest BCUT2D eigenvalue weighted by molar-refractivity contribution is 7.20. The van der Waals surface area contributed by atoms with Crippen molar-refractivity contribution < 1.29 is 4.79 Å². The highest BCUT2D eigenvalue weighted by Gasteiger charge is 2.19. The summed E-state index contributed by atoms with van der Waals surface area (Å²) in [5.74, 6) is 1.80. The van der Waals surface area contributed by atoms with Crippen LogP contribution in [-0.2, 0) is 26.1 Å². The number of thiophene rings is 1. The number of nitrogens with zero attached hydrogens (tertiary/aromatic N) is 5. The molecule has 1 aromatic carbocycles. The van der Waals surface area contributed by atoms with Crippen LogP contribution in [0.3, 0.4) is 0 Å². The average molecular weight is 435 g/mol. The van der Waals surface area contributed by atoms with Gasteiger partial charge in [0, 0.05) is 18.4 Å². The second-order valence-corrected chi connectivity index (χ2v) is 9.27. The molecule has 0 unspecified atom stereocenters. The predicted octanol–water partition coefficient (Wildman–Crippen LogP) is 4.01. The molecule has 3 aromatic heterocycles. The Morgan fingerprint density at radius 1 is 1.13 bits per heavy atom. The third-order valence-corrected chi connectivity index (χ3v) is 7.02. The molecule has 0 saturated heterocycles. The fourth-order valence-corrected chi connectivity index (χ4v) is 5.20. The Hall–Kier alpha value is -3.00. The molecular weight excluding hydrogens is 408 g/mol. The lowest BCUT2D eigenvalue weighted by Gasteiger charge is -2.07. The summed E-state index contributed by atoms with van der Waals surface area (Å²) < 4.78 is 4.16. The van der Waals surface area contributed by atoms with Gasteiger partial charge < -0.3 is 9.88 Å². The van der Waals surface area contributed by atoms with E-state index in [4.69, 9.17) is 0 Å². The van der Waals surface area contributed by atoms with E-state index in [0.717, 1.165) is 53.4 Å². The molecule has 1 aliphatic rings. The van der Waals surface area contributed by atoms with Gasteiger partial charge in [0.2, 0.25) is 0 Å². The Bertz CT molecular complexity index is 1230. The fourth-order valence-electron chi connectivity index (χ4n) is 4.12. The van der Waals surface area contributed by atoms with Gasteiger partial charge in [-0.3, -0.25) is 9.48 Å². The lowest BCUT2D eigenvalue weighted by atomic mass is 10.1. The SMILES string of the molecule is Cc1ccc(Cn2nc(C)c3cc(C(=O)NCc4nnc5n4CCCCC5)sc32)cc1. The van der Waals surface area contributed by atoms with Gasteiger partial charge in [-0.15, -0.1) is 21.5 Å². The quantitative estimate of drug-likeness (QED) is 0.515. The number of rotatable bonds is 5. The van der Waals surface area contributed by atoms with Gasteiger partial charge in [0.15, 0.2) is 5.82 Å². The number of nitrogens with one attached hydrogen (secondary N) is 1. The Morgan fingerprint density at radius 3 is 2.81 bits per heavy atom. The molecule has 0 bridgehead atoms. The topological polar surface area (TPSA) is 77.6 Å². The van der Waals surface area contributed by atoms with Crippen molar-refractivity contribution in [3.05, 3.63) is 63.7 Å². The molecule has 0 saturated carbocycles. The van der Waals surface area contributed by atoms with Crippen molar-refractivity contribution in [1.29, 1.82) is 0 Å². The van der Waals surface area contributed by atoms with E-state index >= 15 is 0 Å². The summed E-state index contributed by atoms with van der Waals surface area (Å²) in [6.45, 7) is 6.10. The molecule has 160 valence electrons. The van der Waals surface area contributed by atoms with Crippen LogP contribution in [0.25, 0.3) is 10.2 Å². The van der Waals surface area contributed by atoms with Crippen LogP contribution in [0.2, 0.25) is 0 Å². The number of carbonyl (C=O) groups excluding carboxylic acids is 1. The van der Waals surface area contributed by atoms with E-state index in [2.05, 4.69) is 56.4 Å². The fraction of sp³-hybridized carbons (Fsp3) is 0.391. The maximum Gasteiger partial charge on any atom is 0.261 e.